The molecule has 174 valence electrons. The van der Waals surface area contributed by atoms with E-state index in [1.807, 2.05) is 6.07 Å². The molecule has 0 radical (unpaired) electrons. The van der Waals surface area contributed by atoms with Crippen molar-refractivity contribution in [2.45, 2.75) is 52.1 Å². The lowest BCUT2D eigenvalue weighted by atomic mass is 10.1. The minimum Gasteiger partial charge on any atom is -0.492 e. The topological polar surface area (TPSA) is 92.9 Å². The first-order valence-electron chi connectivity index (χ1n) is 12.0. The first-order valence-corrected chi connectivity index (χ1v) is 11.0. The zero-order valence-corrected chi connectivity index (χ0v) is 18.9. The van der Waals surface area contributed by atoms with E-state index in [-0.39, 0.29) is 24.5 Å². The second-order valence-corrected chi connectivity index (χ2v) is 7.84. The van der Waals surface area contributed by atoms with Crippen molar-refractivity contribution >= 4 is 11.9 Å². The van der Waals surface area contributed by atoms with Gasteiger partial charge in [-0.25, -0.2) is 0 Å². The number of furan rings is 1. The number of nitrogens with zero attached hydrogens (tertiary/aromatic N) is 2. The van der Waals surface area contributed by atoms with Gasteiger partial charge < -0.3 is 19.2 Å². The summed E-state index contributed by atoms with van der Waals surface area (Å²) in [6.45, 7) is 1.54. The minimum absolute atomic E-state index is 0.0137. The Bertz CT molecular complexity index is 1120. The zero-order valence-electron chi connectivity index (χ0n) is 20.9. The number of aliphatic carboxylic acids is 1. The SMILES string of the molecule is [2H]C([2H])(c1ncccc1OCCCCCC(=O)O)N(C(=O)c1ccc(-c2ccco2)cc1)C(C)C. The van der Waals surface area contributed by atoms with Gasteiger partial charge in [0, 0.05) is 29.8 Å². The van der Waals surface area contributed by atoms with Gasteiger partial charge in [0.25, 0.3) is 5.91 Å². The van der Waals surface area contributed by atoms with Gasteiger partial charge in [0.2, 0.25) is 0 Å². The van der Waals surface area contributed by atoms with Crippen molar-refractivity contribution in [3.63, 3.8) is 0 Å². The number of hydrogen-bond acceptors (Lipinski definition) is 5. The first-order chi connectivity index (χ1) is 16.7. The molecule has 2 aromatic heterocycles. The number of carbonyl (C=O) groups excluding carboxylic acids is 1. The van der Waals surface area contributed by atoms with Crippen LogP contribution in [0.4, 0.5) is 0 Å². The maximum absolute atomic E-state index is 13.4. The summed E-state index contributed by atoms with van der Waals surface area (Å²) in [5.41, 5.74) is 1.17. The zero-order chi connectivity index (χ0) is 25.4. The summed E-state index contributed by atoms with van der Waals surface area (Å²) in [4.78, 5) is 29.5. The average Bonchev–Trinajstić information content (AvgIpc) is 3.36. The van der Waals surface area contributed by atoms with Crippen LogP contribution in [0.3, 0.4) is 0 Å². The van der Waals surface area contributed by atoms with Crippen molar-refractivity contribution < 1.29 is 26.6 Å². The quantitative estimate of drug-likeness (QED) is 0.369. The fourth-order valence-electron chi connectivity index (χ4n) is 3.22. The predicted octanol–water partition coefficient (Wildman–Crippen LogP) is 5.42. The van der Waals surface area contributed by atoms with Crippen LogP contribution in [0.5, 0.6) is 5.75 Å². The van der Waals surface area contributed by atoms with Crippen molar-refractivity contribution in [2.24, 2.45) is 0 Å². The molecule has 1 aromatic carbocycles. The summed E-state index contributed by atoms with van der Waals surface area (Å²) in [6.07, 6.45) is 5.00. The van der Waals surface area contributed by atoms with Crippen LogP contribution in [0, 0.1) is 0 Å². The molecular weight excluding hydrogens is 420 g/mol. The molecule has 0 saturated carbocycles. The van der Waals surface area contributed by atoms with Crippen LogP contribution < -0.4 is 4.74 Å². The van der Waals surface area contributed by atoms with Crippen molar-refractivity contribution in [3.05, 3.63) is 72.2 Å². The maximum atomic E-state index is 13.4. The van der Waals surface area contributed by atoms with E-state index in [1.165, 1.54) is 6.20 Å². The maximum Gasteiger partial charge on any atom is 0.303 e. The van der Waals surface area contributed by atoms with E-state index in [9.17, 15) is 9.59 Å². The van der Waals surface area contributed by atoms with Gasteiger partial charge in [0.1, 0.15) is 17.2 Å². The third-order valence-electron chi connectivity index (χ3n) is 4.96. The van der Waals surface area contributed by atoms with Gasteiger partial charge in [-0.15, -0.1) is 0 Å². The average molecular weight is 453 g/mol. The fourth-order valence-corrected chi connectivity index (χ4v) is 3.22. The number of carbonyl (C=O) groups is 2. The Morgan fingerprint density at radius 1 is 1.12 bits per heavy atom. The van der Waals surface area contributed by atoms with E-state index < -0.39 is 24.4 Å². The second-order valence-electron chi connectivity index (χ2n) is 7.84. The van der Waals surface area contributed by atoms with Crippen molar-refractivity contribution in [1.82, 2.24) is 9.88 Å². The Hall–Kier alpha value is -3.61. The third-order valence-corrected chi connectivity index (χ3v) is 4.96. The number of benzene rings is 1. The third kappa shape index (κ3) is 6.94. The van der Waals surface area contributed by atoms with Gasteiger partial charge in [-0.1, -0.05) is 12.1 Å². The molecular formula is C26H30N2O5. The molecule has 2 heterocycles. The molecule has 1 amide bonds. The van der Waals surface area contributed by atoms with Crippen LogP contribution >= 0.6 is 0 Å². The van der Waals surface area contributed by atoms with Gasteiger partial charge in [-0.05, 0) is 69.5 Å². The molecule has 0 spiro atoms. The number of hydrogen-bond donors (Lipinski definition) is 1. The molecule has 0 atom stereocenters. The second kappa shape index (κ2) is 11.9. The molecule has 0 aliphatic carbocycles. The Labute approximate surface area is 196 Å². The number of amides is 1. The van der Waals surface area contributed by atoms with Crippen LogP contribution in [0.2, 0.25) is 0 Å². The van der Waals surface area contributed by atoms with E-state index in [2.05, 4.69) is 4.98 Å². The molecule has 0 bridgehead atoms. The van der Waals surface area contributed by atoms with Crippen molar-refractivity contribution in [1.29, 1.82) is 0 Å². The van der Waals surface area contributed by atoms with E-state index in [0.717, 1.165) is 10.5 Å². The highest BCUT2D eigenvalue weighted by atomic mass is 16.5. The highest BCUT2D eigenvalue weighted by Crippen LogP contribution is 2.23. The van der Waals surface area contributed by atoms with Crippen LogP contribution in [-0.4, -0.2) is 39.5 Å². The first kappa shape index (κ1) is 21.2. The molecule has 7 nitrogen and oxygen atoms in total. The van der Waals surface area contributed by atoms with Gasteiger partial charge in [0.05, 0.1) is 22.1 Å². The number of carboxylic acids is 1. The highest BCUT2D eigenvalue weighted by Gasteiger charge is 2.21. The van der Waals surface area contributed by atoms with Crippen molar-refractivity contribution in [2.75, 3.05) is 6.61 Å². The summed E-state index contributed by atoms with van der Waals surface area (Å²) < 4.78 is 28.9. The van der Waals surface area contributed by atoms with E-state index in [1.54, 1.807) is 62.6 Å². The number of rotatable bonds is 12. The summed E-state index contributed by atoms with van der Waals surface area (Å²) >= 11 is 0. The molecule has 1 N–H and O–H groups in total. The van der Waals surface area contributed by atoms with E-state index in [4.69, 9.17) is 17.0 Å². The Kier molecular flexibility index (Phi) is 7.63. The van der Waals surface area contributed by atoms with Gasteiger partial charge in [-0.3, -0.25) is 14.6 Å². The largest absolute Gasteiger partial charge is 0.492 e. The fraction of sp³-hybridized carbons (Fsp3) is 0.346. The summed E-state index contributed by atoms with van der Waals surface area (Å²) in [7, 11) is 0. The van der Waals surface area contributed by atoms with Gasteiger partial charge in [0.15, 0.2) is 0 Å². The summed E-state index contributed by atoms with van der Waals surface area (Å²) in [5.74, 6) is -0.371. The van der Waals surface area contributed by atoms with E-state index >= 15 is 0 Å². The monoisotopic (exact) mass is 452 g/mol. The Morgan fingerprint density at radius 3 is 2.58 bits per heavy atom. The molecule has 0 aliphatic rings. The number of aromatic nitrogens is 1. The molecule has 3 aromatic rings. The number of pyridine rings is 1. The Morgan fingerprint density at radius 2 is 1.91 bits per heavy atom. The lowest BCUT2D eigenvalue weighted by Gasteiger charge is -2.27. The molecule has 0 saturated heterocycles. The lowest BCUT2D eigenvalue weighted by molar-refractivity contribution is -0.137. The molecule has 3 rings (SSSR count). The minimum atomic E-state index is -2.25. The normalized spacial score (nSPS) is 12.2. The van der Waals surface area contributed by atoms with Crippen LogP contribution in [0.1, 0.15) is 58.3 Å². The van der Waals surface area contributed by atoms with Crippen LogP contribution in [-0.2, 0) is 11.3 Å². The standard InChI is InChI=1S/C26H30N2O5/c1-19(2)28(26(31)21-13-11-20(12-14-21)23-9-7-17-32-23)18-22-24(8-6-15-27-22)33-16-5-3-4-10-25(29)30/h6-9,11-15,17,19H,3-5,10,16,18H2,1-2H3,(H,29,30)/i18D2. The number of carboxylic acid groups (broad SMARTS) is 1. The number of unbranched alkanes of at least 4 members (excludes halogenated alkanes) is 2. The van der Waals surface area contributed by atoms with Crippen LogP contribution in [0.25, 0.3) is 11.3 Å². The Balaban J connectivity index is 1.78. The smallest absolute Gasteiger partial charge is 0.303 e. The highest BCUT2D eigenvalue weighted by molar-refractivity contribution is 5.94. The van der Waals surface area contributed by atoms with Gasteiger partial charge >= 0.3 is 5.97 Å². The molecule has 0 fully saturated rings. The van der Waals surface area contributed by atoms with Gasteiger partial charge in [-0.2, -0.15) is 0 Å². The van der Waals surface area contributed by atoms with Crippen molar-refractivity contribution in [3.8, 4) is 17.1 Å². The van der Waals surface area contributed by atoms with E-state index in [0.29, 0.717) is 30.6 Å². The molecule has 0 unspecified atom stereocenters. The molecule has 7 heteroatoms. The lowest BCUT2D eigenvalue weighted by Crippen LogP contribution is -2.36. The summed E-state index contributed by atoms with van der Waals surface area (Å²) in [5, 5.41) is 8.74. The summed E-state index contributed by atoms with van der Waals surface area (Å²) in [6, 6.07) is 13.2. The molecule has 33 heavy (non-hydrogen) atoms. The van der Waals surface area contributed by atoms with Crippen LogP contribution in [0.15, 0.2) is 65.4 Å². The predicted molar refractivity (Wildman–Crippen MR) is 125 cm³/mol. The molecule has 0 aliphatic heterocycles. The number of ether oxygens (including phenoxy) is 1.